The van der Waals surface area contributed by atoms with Crippen LogP contribution in [0.4, 0.5) is 0 Å². The maximum absolute atomic E-state index is 11.8. The highest BCUT2D eigenvalue weighted by Gasteiger charge is 2.34. The van der Waals surface area contributed by atoms with Crippen molar-refractivity contribution in [2.24, 2.45) is 0 Å². The predicted molar refractivity (Wildman–Crippen MR) is 63.4 cm³/mol. The summed E-state index contributed by atoms with van der Waals surface area (Å²) in [6, 6.07) is 0. The van der Waals surface area contributed by atoms with Crippen molar-refractivity contribution in [3.8, 4) is 0 Å². The molecule has 0 spiro atoms. The van der Waals surface area contributed by atoms with Gasteiger partial charge < -0.3 is 19.3 Å². The summed E-state index contributed by atoms with van der Waals surface area (Å²) in [7, 11) is -4.00. The zero-order chi connectivity index (χ0) is 14.2. The van der Waals surface area contributed by atoms with Crippen LogP contribution in [0, 0.1) is 0 Å². The molecule has 2 atom stereocenters. The van der Waals surface area contributed by atoms with Crippen molar-refractivity contribution in [1.82, 2.24) is 0 Å². The third-order valence-electron chi connectivity index (χ3n) is 2.17. The quantitative estimate of drug-likeness (QED) is 0.485. The monoisotopic (exact) mass is 282 g/mol. The van der Waals surface area contributed by atoms with Gasteiger partial charge in [0.1, 0.15) is 0 Å². The molecular formula is C10H19O7P. The first-order chi connectivity index (χ1) is 8.33. The molecule has 0 saturated carbocycles. The van der Waals surface area contributed by atoms with E-state index in [0.29, 0.717) is 0 Å². The van der Waals surface area contributed by atoms with Crippen LogP contribution in [-0.2, 0) is 23.4 Å². The predicted octanol–water partition coefficient (Wildman–Crippen LogP) is 1.39. The van der Waals surface area contributed by atoms with Gasteiger partial charge >= 0.3 is 19.5 Å². The Hall–Kier alpha value is -0.910. The third kappa shape index (κ3) is 6.74. The number of carboxylic acid groups (broad SMARTS) is 1. The summed E-state index contributed by atoms with van der Waals surface area (Å²) in [6.07, 6.45) is -0.738. The van der Waals surface area contributed by atoms with Crippen LogP contribution in [0.2, 0.25) is 0 Å². The summed E-state index contributed by atoms with van der Waals surface area (Å²) in [4.78, 5) is 31.4. The lowest BCUT2D eigenvalue weighted by Gasteiger charge is -2.20. The lowest BCUT2D eigenvalue weighted by atomic mass is 10.2. The lowest BCUT2D eigenvalue weighted by Crippen LogP contribution is -2.19. The first kappa shape index (κ1) is 17.1. The van der Waals surface area contributed by atoms with Gasteiger partial charge in [0, 0.05) is 6.42 Å². The molecule has 0 heterocycles. The molecule has 0 aromatic rings. The molecule has 7 nitrogen and oxygen atoms in total. The number of aliphatic carboxylic acids is 1. The van der Waals surface area contributed by atoms with Gasteiger partial charge in [0.05, 0.1) is 25.3 Å². The molecule has 2 unspecified atom stereocenters. The zero-order valence-corrected chi connectivity index (χ0v) is 11.4. The van der Waals surface area contributed by atoms with Crippen LogP contribution in [0.3, 0.4) is 0 Å². The van der Waals surface area contributed by atoms with Crippen LogP contribution in [0.1, 0.15) is 33.1 Å². The molecule has 0 amide bonds. The molecule has 0 rings (SSSR count). The van der Waals surface area contributed by atoms with Crippen molar-refractivity contribution in [2.75, 3.05) is 13.2 Å². The maximum Gasteiger partial charge on any atom is 0.331 e. The number of hydrogen-bond donors (Lipinski definition) is 2. The van der Waals surface area contributed by atoms with Crippen molar-refractivity contribution < 1.29 is 33.4 Å². The summed E-state index contributed by atoms with van der Waals surface area (Å²) < 4.78 is 21.2. The van der Waals surface area contributed by atoms with Gasteiger partial charge in [0.25, 0.3) is 0 Å². The third-order valence-corrected chi connectivity index (χ3v) is 4.17. The number of carbonyl (C=O) groups is 2. The van der Waals surface area contributed by atoms with E-state index in [2.05, 4.69) is 4.74 Å². The highest BCUT2D eigenvalue weighted by Crippen LogP contribution is 2.50. The Kier molecular flexibility index (Phi) is 7.82. The second-order valence-corrected chi connectivity index (χ2v) is 5.69. The largest absolute Gasteiger partial charge is 0.481 e. The molecule has 8 heteroatoms. The molecule has 0 saturated heterocycles. The van der Waals surface area contributed by atoms with Gasteiger partial charge in [-0.25, -0.2) is 0 Å². The average Bonchev–Trinajstić information content (AvgIpc) is 2.23. The summed E-state index contributed by atoms with van der Waals surface area (Å²) >= 11 is 0. The minimum absolute atomic E-state index is 0.0141. The summed E-state index contributed by atoms with van der Waals surface area (Å²) in [5.74, 6) is -1.73. The Bertz CT molecular complexity index is 328. The van der Waals surface area contributed by atoms with E-state index in [-0.39, 0.29) is 32.5 Å². The van der Waals surface area contributed by atoms with Gasteiger partial charge in [-0.1, -0.05) is 0 Å². The van der Waals surface area contributed by atoms with Crippen LogP contribution in [0.25, 0.3) is 0 Å². The fourth-order valence-corrected chi connectivity index (χ4v) is 2.79. The van der Waals surface area contributed by atoms with Gasteiger partial charge in [-0.3, -0.25) is 14.2 Å². The van der Waals surface area contributed by atoms with Crippen LogP contribution >= 0.6 is 7.60 Å². The van der Waals surface area contributed by atoms with Crippen molar-refractivity contribution in [1.29, 1.82) is 0 Å². The molecule has 0 aromatic heterocycles. The molecule has 2 N–H and O–H groups in total. The molecule has 0 bridgehead atoms. The van der Waals surface area contributed by atoms with Crippen LogP contribution in [-0.4, -0.2) is 40.8 Å². The summed E-state index contributed by atoms with van der Waals surface area (Å²) in [6.45, 7) is 3.34. The van der Waals surface area contributed by atoms with Crippen molar-refractivity contribution >= 4 is 19.5 Å². The Morgan fingerprint density at radius 2 is 1.89 bits per heavy atom. The first-order valence-corrected chi connectivity index (χ1v) is 7.32. The van der Waals surface area contributed by atoms with Gasteiger partial charge in [-0.2, -0.15) is 0 Å². The Morgan fingerprint density at radius 1 is 1.28 bits per heavy atom. The topological polar surface area (TPSA) is 110 Å². The van der Waals surface area contributed by atoms with Gasteiger partial charge in [0.15, 0.2) is 0 Å². The van der Waals surface area contributed by atoms with Gasteiger partial charge in [-0.05, 0) is 20.3 Å². The molecule has 0 aliphatic carbocycles. The highest BCUT2D eigenvalue weighted by atomic mass is 31.2. The number of carboxylic acids is 1. The lowest BCUT2D eigenvalue weighted by molar-refractivity contribution is -0.143. The van der Waals surface area contributed by atoms with E-state index in [0.717, 1.165) is 0 Å². The summed E-state index contributed by atoms with van der Waals surface area (Å²) in [5, 5.41) is 8.57. The molecular weight excluding hydrogens is 263 g/mol. The Morgan fingerprint density at radius 3 is 2.33 bits per heavy atom. The zero-order valence-electron chi connectivity index (χ0n) is 10.5. The Labute approximate surface area is 106 Å². The number of hydrogen-bond acceptors (Lipinski definition) is 5. The maximum atomic E-state index is 11.8. The minimum Gasteiger partial charge on any atom is -0.481 e. The van der Waals surface area contributed by atoms with E-state index in [1.165, 1.54) is 0 Å². The number of esters is 1. The minimum atomic E-state index is -4.00. The molecule has 0 aromatic carbocycles. The van der Waals surface area contributed by atoms with Gasteiger partial charge in [0.2, 0.25) is 0 Å². The van der Waals surface area contributed by atoms with E-state index in [1.807, 2.05) is 0 Å². The van der Waals surface area contributed by atoms with Crippen molar-refractivity contribution in [3.05, 3.63) is 0 Å². The number of ether oxygens (including phenoxy) is 1. The molecule has 18 heavy (non-hydrogen) atoms. The normalized spacial score (nSPS) is 15.7. The van der Waals surface area contributed by atoms with Crippen LogP contribution in [0.5, 0.6) is 0 Å². The van der Waals surface area contributed by atoms with E-state index >= 15 is 0 Å². The first-order valence-electron chi connectivity index (χ1n) is 5.67. The Balaban J connectivity index is 4.65. The molecule has 0 radical (unpaired) electrons. The highest BCUT2D eigenvalue weighted by molar-refractivity contribution is 7.53. The summed E-state index contributed by atoms with van der Waals surface area (Å²) in [5.41, 5.74) is -1.05. The van der Waals surface area contributed by atoms with Crippen molar-refractivity contribution in [3.63, 3.8) is 0 Å². The standard InChI is InChI=1S/C10H19O7P/c1-3-16-10(13)7-8(5-6-9(11)12)18(14,15)17-4-2/h8H,3-7H2,1-2H3,(H,11,12)(H,14,15). The molecule has 0 aliphatic heterocycles. The van der Waals surface area contributed by atoms with E-state index < -0.39 is 25.2 Å². The second-order valence-electron chi connectivity index (χ2n) is 3.58. The van der Waals surface area contributed by atoms with E-state index in [9.17, 15) is 19.0 Å². The fourth-order valence-electron chi connectivity index (χ4n) is 1.37. The van der Waals surface area contributed by atoms with E-state index in [4.69, 9.17) is 9.63 Å². The second kappa shape index (κ2) is 8.24. The number of rotatable bonds is 9. The molecule has 106 valence electrons. The fraction of sp³-hybridized carbons (Fsp3) is 0.800. The van der Waals surface area contributed by atoms with Crippen molar-refractivity contribution in [2.45, 2.75) is 38.8 Å². The van der Waals surface area contributed by atoms with E-state index in [1.54, 1.807) is 13.8 Å². The van der Waals surface area contributed by atoms with Gasteiger partial charge in [-0.15, -0.1) is 0 Å². The number of carbonyl (C=O) groups excluding carboxylic acids is 1. The molecule has 0 fully saturated rings. The van der Waals surface area contributed by atoms with Crippen LogP contribution < -0.4 is 0 Å². The molecule has 0 aliphatic rings. The van der Waals surface area contributed by atoms with Crippen LogP contribution in [0.15, 0.2) is 0 Å². The SMILES string of the molecule is CCOC(=O)CC(CCC(=O)O)P(=O)(O)OCC. The smallest absolute Gasteiger partial charge is 0.331 e. The average molecular weight is 282 g/mol.